The summed E-state index contributed by atoms with van der Waals surface area (Å²) in [5.74, 6) is 0.955. The summed E-state index contributed by atoms with van der Waals surface area (Å²) in [6, 6.07) is 2.02. The fourth-order valence-electron chi connectivity index (χ4n) is 1.76. The highest BCUT2D eigenvalue weighted by atomic mass is 16.5. The molecule has 1 heterocycles. The van der Waals surface area contributed by atoms with Crippen molar-refractivity contribution in [3.05, 3.63) is 23.7 Å². The van der Waals surface area contributed by atoms with E-state index >= 15 is 0 Å². The van der Waals surface area contributed by atoms with E-state index in [1.807, 2.05) is 6.07 Å². The second-order valence-electron chi connectivity index (χ2n) is 4.46. The van der Waals surface area contributed by atoms with Crippen molar-refractivity contribution in [3.63, 3.8) is 0 Å². The third kappa shape index (κ3) is 5.37. The van der Waals surface area contributed by atoms with Crippen LogP contribution in [-0.2, 0) is 17.9 Å². The molecule has 0 fully saturated rings. The predicted octanol–water partition coefficient (Wildman–Crippen LogP) is 3.48. The van der Waals surface area contributed by atoms with Crippen LogP contribution in [0.3, 0.4) is 0 Å². The molecular weight excluding hydrogens is 214 g/mol. The fraction of sp³-hybridized carbons (Fsp3) is 0.714. The second-order valence-corrected chi connectivity index (χ2v) is 4.46. The normalized spacial score (nSPS) is 12.9. The average molecular weight is 239 g/mol. The Bertz CT molecular complexity index is 296. The minimum Gasteiger partial charge on any atom is -0.467 e. The van der Waals surface area contributed by atoms with Crippen LogP contribution in [-0.4, -0.2) is 12.6 Å². The van der Waals surface area contributed by atoms with Crippen molar-refractivity contribution >= 4 is 0 Å². The molecule has 1 aromatic rings. The van der Waals surface area contributed by atoms with E-state index in [2.05, 4.69) is 26.1 Å². The van der Waals surface area contributed by atoms with Gasteiger partial charge in [-0.05, 0) is 32.4 Å². The molecule has 0 bridgehead atoms. The van der Waals surface area contributed by atoms with Crippen molar-refractivity contribution in [2.45, 2.75) is 59.3 Å². The number of hydrogen-bond donors (Lipinski definition) is 1. The molecule has 0 aliphatic heterocycles. The zero-order chi connectivity index (χ0) is 12.5. The Morgan fingerprint density at radius 1 is 1.35 bits per heavy atom. The van der Waals surface area contributed by atoms with E-state index in [0.717, 1.165) is 38.1 Å². The summed E-state index contributed by atoms with van der Waals surface area (Å²) in [6.45, 7) is 8.94. The summed E-state index contributed by atoms with van der Waals surface area (Å²) in [6.07, 6.45) is 5.46. The van der Waals surface area contributed by atoms with Crippen LogP contribution in [0.15, 0.2) is 16.7 Å². The van der Waals surface area contributed by atoms with Gasteiger partial charge in [-0.1, -0.05) is 20.3 Å². The van der Waals surface area contributed by atoms with Crippen molar-refractivity contribution in [1.82, 2.24) is 5.32 Å². The number of ether oxygens (including phenoxy) is 1. The Morgan fingerprint density at radius 3 is 2.88 bits per heavy atom. The Balaban J connectivity index is 2.34. The molecule has 1 unspecified atom stereocenters. The van der Waals surface area contributed by atoms with Crippen LogP contribution in [0.1, 0.15) is 51.4 Å². The van der Waals surface area contributed by atoms with Crippen molar-refractivity contribution in [1.29, 1.82) is 0 Å². The molecule has 1 atom stereocenters. The highest BCUT2D eigenvalue weighted by molar-refractivity contribution is 5.16. The number of hydrogen-bond acceptors (Lipinski definition) is 3. The standard InChI is InChI=1S/C14H25NO2/c1-4-6-12(3)17-11-14-13(7-9-16-14)10-15-8-5-2/h7,9,12,15H,4-6,8,10-11H2,1-3H3. The van der Waals surface area contributed by atoms with Crippen molar-refractivity contribution in [2.75, 3.05) is 6.54 Å². The Hall–Kier alpha value is -0.800. The predicted molar refractivity (Wildman–Crippen MR) is 69.9 cm³/mol. The van der Waals surface area contributed by atoms with Gasteiger partial charge in [-0.25, -0.2) is 0 Å². The van der Waals surface area contributed by atoms with Gasteiger partial charge in [0.2, 0.25) is 0 Å². The lowest BCUT2D eigenvalue weighted by atomic mass is 10.2. The number of rotatable bonds is 9. The third-order valence-corrected chi connectivity index (χ3v) is 2.77. The van der Waals surface area contributed by atoms with E-state index in [1.54, 1.807) is 6.26 Å². The fourth-order valence-corrected chi connectivity index (χ4v) is 1.76. The molecule has 1 rings (SSSR count). The van der Waals surface area contributed by atoms with Crippen LogP contribution < -0.4 is 5.32 Å². The summed E-state index contributed by atoms with van der Waals surface area (Å²) in [4.78, 5) is 0. The Morgan fingerprint density at radius 2 is 2.18 bits per heavy atom. The topological polar surface area (TPSA) is 34.4 Å². The number of nitrogens with one attached hydrogen (secondary N) is 1. The largest absolute Gasteiger partial charge is 0.467 e. The first-order valence-corrected chi connectivity index (χ1v) is 6.65. The molecule has 0 aromatic carbocycles. The van der Waals surface area contributed by atoms with Gasteiger partial charge in [0.25, 0.3) is 0 Å². The van der Waals surface area contributed by atoms with Crippen molar-refractivity contribution < 1.29 is 9.15 Å². The minimum absolute atomic E-state index is 0.307. The van der Waals surface area contributed by atoms with E-state index in [-0.39, 0.29) is 0 Å². The quantitative estimate of drug-likeness (QED) is 0.670. The Kier molecular flexibility index (Phi) is 6.97. The second kappa shape index (κ2) is 8.31. The molecule has 1 N–H and O–H groups in total. The molecule has 0 radical (unpaired) electrons. The van der Waals surface area contributed by atoms with Crippen molar-refractivity contribution in [2.24, 2.45) is 0 Å². The highest BCUT2D eigenvalue weighted by Gasteiger charge is 2.08. The van der Waals surface area contributed by atoms with E-state index < -0.39 is 0 Å². The molecule has 17 heavy (non-hydrogen) atoms. The van der Waals surface area contributed by atoms with Crippen LogP contribution in [0.4, 0.5) is 0 Å². The van der Waals surface area contributed by atoms with Crippen LogP contribution >= 0.6 is 0 Å². The summed E-state index contributed by atoms with van der Waals surface area (Å²) < 4.78 is 11.2. The average Bonchev–Trinajstić information content (AvgIpc) is 2.75. The van der Waals surface area contributed by atoms with E-state index in [4.69, 9.17) is 9.15 Å². The molecule has 3 heteroatoms. The lowest BCUT2D eigenvalue weighted by molar-refractivity contribution is 0.0366. The molecular formula is C14H25NO2. The first-order valence-electron chi connectivity index (χ1n) is 6.65. The monoisotopic (exact) mass is 239 g/mol. The van der Waals surface area contributed by atoms with Gasteiger partial charge in [-0.15, -0.1) is 0 Å². The molecule has 3 nitrogen and oxygen atoms in total. The zero-order valence-corrected chi connectivity index (χ0v) is 11.3. The maximum atomic E-state index is 5.75. The first-order chi connectivity index (χ1) is 8.27. The van der Waals surface area contributed by atoms with E-state index in [0.29, 0.717) is 12.7 Å². The van der Waals surface area contributed by atoms with Gasteiger partial charge in [-0.3, -0.25) is 0 Å². The highest BCUT2D eigenvalue weighted by Crippen LogP contribution is 2.13. The SMILES string of the molecule is CCCNCc1ccoc1COC(C)CCC. The van der Waals surface area contributed by atoms with Crippen LogP contribution in [0.25, 0.3) is 0 Å². The summed E-state index contributed by atoms with van der Waals surface area (Å²) >= 11 is 0. The van der Waals surface area contributed by atoms with Gasteiger partial charge < -0.3 is 14.5 Å². The van der Waals surface area contributed by atoms with Gasteiger partial charge in [-0.2, -0.15) is 0 Å². The maximum absolute atomic E-state index is 5.75. The van der Waals surface area contributed by atoms with Crippen LogP contribution in [0, 0.1) is 0 Å². The smallest absolute Gasteiger partial charge is 0.133 e. The van der Waals surface area contributed by atoms with Gasteiger partial charge in [0.05, 0.1) is 12.4 Å². The lowest BCUT2D eigenvalue weighted by Gasteiger charge is -2.11. The molecule has 0 amide bonds. The van der Waals surface area contributed by atoms with Gasteiger partial charge in [0.1, 0.15) is 12.4 Å². The van der Waals surface area contributed by atoms with Crippen LogP contribution in [0.2, 0.25) is 0 Å². The minimum atomic E-state index is 0.307. The molecule has 98 valence electrons. The maximum Gasteiger partial charge on any atom is 0.133 e. The zero-order valence-electron chi connectivity index (χ0n) is 11.3. The lowest BCUT2D eigenvalue weighted by Crippen LogP contribution is -2.15. The first kappa shape index (κ1) is 14.3. The Labute approximate surface area is 105 Å². The third-order valence-electron chi connectivity index (χ3n) is 2.77. The van der Waals surface area contributed by atoms with E-state index in [9.17, 15) is 0 Å². The molecule has 0 aliphatic carbocycles. The van der Waals surface area contributed by atoms with Crippen LogP contribution in [0.5, 0.6) is 0 Å². The number of furan rings is 1. The summed E-state index contributed by atoms with van der Waals surface area (Å²) in [7, 11) is 0. The van der Waals surface area contributed by atoms with Crippen molar-refractivity contribution in [3.8, 4) is 0 Å². The van der Waals surface area contributed by atoms with Gasteiger partial charge in [0.15, 0.2) is 0 Å². The van der Waals surface area contributed by atoms with Gasteiger partial charge >= 0.3 is 0 Å². The van der Waals surface area contributed by atoms with E-state index in [1.165, 1.54) is 5.56 Å². The molecule has 0 saturated heterocycles. The summed E-state index contributed by atoms with van der Waals surface area (Å²) in [5, 5.41) is 3.38. The molecule has 0 aliphatic rings. The molecule has 0 spiro atoms. The molecule has 0 saturated carbocycles. The van der Waals surface area contributed by atoms with Gasteiger partial charge in [0, 0.05) is 12.1 Å². The summed E-state index contributed by atoms with van der Waals surface area (Å²) in [5.41, 5.74) is 1.21. The molecule has 1 aromatic heterocycles.